The van der Waals surface area contributed by atoms with Crippen LogP contribution in [0.4, 0.5) is 5.13 Å². The zero-order chi connectivity index (χ0) is 22.2. The Hall–Kier alpha value is -3.43. The third-order valence-corrected chi connectivity index (χ3v) is 7.14. The molecule has 0 spiro atoms. The minimum Gasteiger partial charge on any atom is -0.299 e. The average Bonchev–Trinajstić information content (AvgIpc) is 3.43. The molecule has 0 radical (unpaired) electrons. The van der Waals surface area contributed by atoms with Gasteiger partial charge in [0, 0.05) is 16.9 Å². The molecule has 3 heterocycles. The Morgan fingerprint density at radius 3 is 2.72 bits per heavy atom. The van der Waals surface area contributed by atoms with Crippen LogP contribution in [-0.4, -0.2) is 25.7 Å². The van der Waals surface area contributed by atoms with Crippen molar-refractivity contribution in [1.29, 1.82) is 0 Å². The molecular weight excluding hydrogens is 442 g/mol. The number of carbonyl (C=O) groups excluding carboxylic acids is 1. The molecule has 0 aliphatic carbocycles. The molecule has 0 saturated carbocycles. The summed E-state index contributed by atoms with van der Waals surface area (Å²) in [5.41, 5.74) is 1.54. The molecule has 1 amide bonds. The fourth-order valence-electron chi connectivity index (χ4n) is 3.48. The highest BCUT2D eigenvalue weighted by molar-refractivity contribution is 7.17. The number of hydrogen-bond donors (Lipinski definition) is 1. The summed E-state index contributed by atoms with van der Waals surface area (Å²) in [6.45, 7) is 3.88. The quantitative estimate of drug-likeness (QED) is 0.402. The molecule has 0 aliphatic rings. The van der Waals surface area contributed by atoms with Crippen molar-refractivity contribution in [2.75, 3.05) is 5.32 Å². The molecule has 9 heteroatoms. The maximum atomic E-state index is 13.3. The normalized spacial score (nSPS) is 11.5. The third-order valence-electron chi connectivity index (χ3n) is 5.12. The third kappa shape index (κ3) is 3.80. The number of fused-ring (bicyclic) bond motifs is 2. The second kappa shape index (κ2) is 8.25. The lowest BCUT2D eigenvalue weighted by Crippen LogP contribution is -2.27. The van der Waals surface area contributed by atoms with Crippen LogP contribution in [-0.2, 0) is 11.3 Å². The van der Waals surface area contributed by atoms with E-state index in [1.54, 1.807) is 0 Å². The molecule has 0 atom stereocenters. The number of hydrogen-bond acceptors (Lipinski definition) is 7. The van der Waals surface area contributed by atoms with Gasteiger partial charge in [-0.1, -0.05) is 61.6 Å². The van der Waals surface area contributed by atoms with Crippen molar-refractivity contribution in [1.82, 2.24) is 19.7 Å². The van der Waals surface area contributed by atoms with E-state index in [2.05, 4.69) is 32.6 Å². The molecule has 32 heavy (non-hydrogen) atoms. The van der Waals surface area contributed by atoms with E-state index in [0.29, 0.717) is 15.3 Å². The highest BCUT2D eigenvalue weighted by Gasteiger charge is 2.16. The lowest BCUT2D eigenvalue weighted by atomic mass is 10.0. The molecule has 0 aliphatic heterocycles. The first-order valence-electron chi connectivity index (χ1n) is 10.1. The summed E-state index contributed by atoms with van der Waals surface area (Å²) in [4.78, 5) is 30.9. The van der Waals surface area contributed by atoms with Crippen molar-refractivity contribution in [3.63, 3.8) is 0 Å². The van der Waals surface area contributed by atoms with Crippen LogP contribution in [0.5, 0.6) is 0 Å². The Balaban J connectivity index is 1.46. The van der Waals surface area contributed by atoms with Crippen molar-refractivity contribution in [3.05, 3.63) is 69.5 Å². The number of aromatic nitrogens is 4. The predicted molar refractivity (Wildman–Crippen MR) is 129 cm³/mol. The standard InChI is InChI=1S/C23H19N5O2S2/c1-13(2)20-26-27-23(32-20)25-18(29)10-28-12-24-21-19(22(28)30)17(11-31-21)16-8-7-14-5-3-4-6-15(14)9-16/h3-9,11-13H,10H2,1-2H3,(H,25,27,29). The van der Waals surface area contributed by atoms with Crippen molar-refractivity contribution in [2.45, 2.75) is 26.3 Å². The van der Waals surface area contributed by atoms with Gasteiger partial charge in [0.15, 0.2) is 0 Å². The van der Waals surface area contributed by atoms with E-state index >= 15 is 0 Å². The topological polar surface area (TPSA) is 89.8 Å². The lowest BCUT2D eigenvalue weighted by molar-refractivity contribution is -0.116. The Bertz CT molecular complexity index is 1520. The SMILES string of the molecule is CC(C)c1nnc(NC(=O)Cn2cnc3scc(-c4ccc5ccccc5c4)c3c2=O)s1. The smallest absolute Gasteiger partial charge is 0.263 e. The number of nitrogens with one attached hydrogen (secondary N) is 1. The fourth-order valence-corrected chi connectivity index (χ4v) is 5.15. The largest absolute Gasteiger partial charge is 0.299 e. The van der Waals surface area contributed by atoms with Crippen molar-refractivity contribution >= 4 is 54.7 Å². The molecular formula is C23H19N5O2S2. The lowest BCUT2D eigenvalue weighted by Gasteiger charge is -2.06. The maximum absolute atomic E-state index is 13.3. The van der Waals surface area contributed by atoms with Crippen molar-refractivity contribution in [2.24, 2.45) is 0 Å². The molecule has 160 valence electrons. The Morgan fingerprint density at radius 2 is 1.94 bits per heavy atom. The van der Waals surface area contributed by atoms with Crippen LogP contribution >= 0.6 is 22.7 Å². The Kier molecular flexibility index (Phi) is 5.28. The number of thiophene rings is 1. The Labute approximate surface area is 191 Å². The van der Waals surface area contributed by atoms with Gasteiger partial charge in [-0.15, -0.1) is 21.5 Å². The molecule has 3 aromatic heterocycles. The van der Waals surface area contributed by atoms with E-state index in [1.807, 2.05) is 49.6 Å². The first kappa shape index (κ1) is 20.5. The van der Waals surface area contributed by atoms with E-state index in [-0.39, 0.29) is 23.9 Å². The molecule has 7 nitrogen and oxygen atoms in total. The van der Waals surface area contributed by atoms with Gasteiger partial charge in [-0.05, 0) is 22.4 Å². The van der Waals surface area contributed by atoms with Gasteiger partial charge in [0.05, 0.1) is 11.7 Å². The number of carbonyl (C=O) groups is 1. The summed E-state index contributed by atoms with van der Waals surface area (Å²) in [5, 5.41) is 16.8. The van der Waals surface area contributed by atoms with Crippen LogP contribution in [0, 0.1) is 0 Å². The van der Waals surface area contributed by atoms with Crippen LogP contribution in [0.3, 0.4) is 0 Å². The van der Waals surface area contributed by atoms with E-state index in [1.165, 1.54) is 33.6 Å². The summed E-state index contributed by atoms with van der Waals surface area (Å²) in [5.74, 6) is -0.110. The average molecular weight is 462 g/mol. The minimum absolute atomic E-state index is 0.147. The zero-order valence-electron chi connectivity index (χ0n) is 17.4. The van der Waals surface area contributed by atoms with E-state index in [0.717, 1.165) is 26.9 Å². The first-order chi connectivity index (χ1) is 15.5. The monoisotopic (exact) mass is 461 g/mol. The van der Waals surface area contributed by atoms with Crippen LogP contribution < -0.4 is 10.9 Å². The first-order valence-corrected chi connectivity index (χ1v) is 11.8. The van der Waals surface area contributed by atoms with Gasteiger partial charge in [0.2, 0.25) is 11.0 Å². The molecule has 2 aromatic carbocycles. The highest BCUT2D eigenvalue weighted by atomic mass is 32.1. The summed E-state index contributed by atoms with van der Waals surface area (Å²) in [7, 11) is 0. The van der Waals surface area contributed by atoms with Gasteiger partial charge < -0.3 is 0 Å². The number of rotatable bonds is 5. The van der Waals surface area contributed by atoms with Gasteiger partial charge >= 0.3 is 0 Å². The molecule has 0 saturated heterocycles. The second-order valence-electron chi connectivity index (χ2n) is 7.72. The van der Waals surface area contributed by atoms with Crippen LogP contribution in [0.25, 0.3) is 32.1 Å². The molecule has 5 rings (SSSR count). The van der Waals surface area contributed by atoms with E-state index in [4.69, 9.17) is 0 Å². The minimum atomic E-state index is -0.345. The molecule has 0 fully saturated rings. The van der Waals surface area contributed by atoms with Gasteiger partial charge in [-0.3, -0.25) is 19.5 Å². The van der Waals surface area contributed by atoms with Gasteiger partial charge in [0.1, 0.15) is 16.4 Å². The van der Waals surface area contributed by atoms with Crippen molar-refractivity contribution < 1.29 is 4.79 Å². The predicted octanol–water partition coefficient (Wildman–Crippen LogP) is 4.89. The summed E-state index contributed by atoms with van der Waals surface area (Å²) in [6.07, 6.45) is 1.42. The highest BCUT2D eigenvalue weighted by Crippen LogP contribution is 2.32. The van der Waals surface area contributed by atoms with Gasteiger partial charge in [-0.25, -0.2) is 4.98 Å². The fraction of sp³-hybridized carbons (Fsp3) is 0.174. The van der Waals surface area contributed by atoms with Crippen molar-refractivity contribution in [3.8, 4) is 11.1 Å². The number of anilines is 1. The molecule has 5 aromatic rings. The number of amides is 1. The van der Waals surface area contributed by atoms with Gasteiger partial charge in [-0.2, -0.15) is 0 Å². The van der Waals surface area contributed by atoms with Crippen LogP contribution in [0.1, 0.15) is 24.8 Å². The summed E-state index contributed by atoms with van der Waals surface area (Å²) >= 11 is 2.76. The Morgan fingerprint density at radius 1 is 1.12 bits per heavy atom. The molecule has 0 unspecified atom stereocenters. The van der Waals surface area contributed by atoms with E-state index in [9.17, 15) is 9.59 Å². The molecule has 1 N–H and O–H groups in total. The second-order valence-corrected chi connectivity index (χ2v) is 9.58. The zero-order valence-corrected chi connectivity index (χ0v) is 19.0. The number of nitrogens with zero attached hydrogens (tertiary/aromatic N) is 4. The van der Waals surface area contributed by atoms with Crippen LogP contribution in [0.2, 0.25) is 0 Å². The van der Waals surface area contributed by atoms with Gasteiger partial charge in [0.25, 0.3) is 5.56 Å². The number of benzene rings is 2. The van der Waals surface area contributed by atoms with Crippen LogP contribution in [0.15, 0.2) is 59.0 Å². The summed E-state index contributed by atoms with van der Waals surface area (Å²) in [6, 6.07) is 14.2. The molecule has 0 bridgehead atoms. The maximum Gasteiger partial charge on any atom is 0.263 e. The summed E-state index contributed by atoms with van der Waals surface area (Å²) < 4.78 is 1.33. The van der Waals surface area contributed by atoms with E-state index < -0.39 is 0 Å².